The smallest absolute Gasteiger partial charge is 0.157 e. The van der Waals surface area contributed by atoms with E-state index in [4.69, 9.17) is 11.6 Å². The van der Waals surface area contributed by atoms with Gasteiger partial charge in [-0.05, 0) is 19.9 Å². The number of aryl methyl sites for hydroxylation is 1. The summed E-state index contributed by atoms with van der Waals surface area (Å²) in [6.07, 6.45) is 1.17. The van der Waals surface area contributed by atoms with E-state index >= 15 is 0 Å². The van der Waals surface area contributed by atoms with Gasteiger partial charge in [0.15, 0.2) is 9.84 Å². The third-order valence-electron chi connectivity index (χ3n) is 2.49. The maximum absolute atomic E-state index is 11.5. The van der Waals surface area contributed by atoms with Gasteiger partial charge in [-0.15, -0.1) is 11.3 Å². The van der Waals surface area contributed by atoms with E-state index in [1.165, 1.54) is 17.6 Å². The Hall–Kier alpha value is -0.720. The molecule has 0 fully saturated rings. The predicted molar refractivity (Wildman–Crippen MR) is 70.4 cm³/mol. The largest absolute Gasteiger partial charge is 0.228 e. The van der Waals surface area contributed by atoms with Crippen LogP contribution in [0.15, 0.2) is 6.07 Å². The molecule has 1 atom stereocenters. The lowest BCUT2D eigenvalue weighted by atomic mass is 10.3. The number of hydrogen-bond donors (Lipinski definition) is 0. The van der Waals surface area contributed by atoms with Crippen molar-refractivity contribution in [3.8, 4) is 0 Å². The zero-order chi connectivity index (χ0) is 12.8. The number of fused-ring (bicyclic) bond motifs is 1. The molecule has 2 heterocycles. The summed E-state index contributed by atoms with van der Waals surface area (Å²) in [5.74, 6) is 0.256. The minimum absolute atomic E-state index is 0.256. The predicted octanol–water partition coefficient (Wildman–Crippen LogP) is 2.76. The van der Waals surface area contributed by atoms with Gasteiger partial charge >= 0.3 is 0 Å². The first-order valence-corrected chi connectivity index (χ1v) is 8.06. The van der Waals surface area contributed by atoms with Gasteiger partial charge in [0.05, 0.1) is 0 Å². The summed E-state index contributed by atoms with van der Waals surface area (Å²) in [4.78, 5) is 10.1. The van der Waals surface area contributed by atoms with Crippen molar-refractivity contribution in [3.63, 3.8) is 0 Å². The number of sulfone groups is 1. The topological polar surface area (TPSA) is 59.9 Å². The van der Waals surface area contributed by atoms with E-state index in [2.05, 4.69) is 9.97 Å². The molecule has 0 bridgehead atoms. The monoisotopic (exact) mass is 290 g/mol. The molecule has 7 heteroatoms. The van der Waals surface area contributed by atoms with E-state index in [9.17, 15) is 8.42 Å². The van der Waals surface area contributed by atoms with E-state index < -0.39 is 15.1 Å². The Morgan fingerprint density at radius 2 is 2.06 bits per heavy atom. The molecule has 0 radical (unpaired) electrons. The molecule has 4 nitrogen and oxygen atoms in total. The first-order chi connectivity index (χ1) is 7.79. The Morgan fingerprint density at radius 1 is 1.41 bits per heavy atom. The molecule has 0 saturated heterocycles. The normalized spacial score (nSPS) is 14.1. The average Bonchev–Trinajstić information content (AvgIpc) is 2.56. The standard InChI is InChI=1S/C10H11ClN2O2S2/c1-5-4-7-8(11)12-9(13-10(7)16-5)6(2)17(3,14)15/h4,6H,1-3H3. The van der Waals surface area contributed by atoms with Gasteiger partial charge in [0.1, 0.15) is 21.1 Å². The fraction of sp³-hybridized carbons (Fsp3) is 0.400. The van der Waals surface area contributed by atoms with Gasteiger partial charge in [-0.1, -0.05) is 11.6 Å². The van der Waals surface area contributed by atoms with E-state index in [1.807, 2.05) is 13.0 Å². The van der Waals surface area contributed by atoms with Crippen LogP contribution in [0.5, 0.6) is 0 Å². The van der Waals surface area contributed by atoms with Gasteiger partial charge in [-0.25, -0.2) is 18.4 Å². The van der Waals surface area contributed by atoms with E-state index in [1.54, 1.807) is 6.92 Å². The molecule has 0 N–H and O–H groups in total. The molecule has 0 saturated carbocycles. The molecule has 2 rings (SSSR count). The summed E-state index contributed by atoms with van der Waals surface area (Å²) in [6, 6.07) is 1.90. The molecule has 0 spiro atoms. The zero-order valence-electron chi connectivity index (χ0n) is 9.56. The second kappa shape index (κ2) is 4.19. The first kappa shape index (κ1) is 12.7. The molecule has 1 unspecified atom stereocenters. The highest BCUT2D eigenvalue weighted by molar-refractivity contribution is 7.90. The molecule has 0 aromatic carbocycles. The number of thiophene rings is 1. The molecule has 0 aliphatic carbocycles. The molecule has 92 valence electrons. The summed E-state index contributed by atoms with van der Waals surface area (Å²) < 4.78 is 22.9. The molecular weight excluding hydrogens is 280 g/mol. The van der Waals surface area contributed by atoms with Gasteiger partial charge in [0.25, 0.3) is 0 Å². The van der Waals surface area contributed by atoms with Crippen molar-refractivity contribution < 1.29 is 8.42 Å². The van der Waals surface area contributed by atoms with Crippen molar-refractivity contribution in [1.29, 1.82) is 0 Å². The third kappa shape index (κ3) is 2.43. The second-order valence-corrected chi connectivity index (χ2v) is 7.88. The summed E-state index contributed by atoms with van der Waals surface area (Å²) in [7, 11) is -3.21. The van der Waals surface area contributed by atoms with Crippen LogP contribution in [0.2, 0.25) is 5.15 Å². The van der Waals surface area contributed by atoms with E-state index in [-0.39, 0.29) is 5.82 Å². The SMILES string of the molecule is Cc1cc2c(Cl)nc(C(C)S(C)(=O)=O)nc2s1. The lowest BCUT2D eigenvalue weighted by Gasteiger charge is -2.07. The molecule has 2 aromatic rings. The zero-order valence-corrected chi connectivity index (χ0v) is 11.9. The Morgan fingerprint density at radius 3 is 2.65 bits per heavy atom. The van der Waals surface area contributed by atoms with E-state index in [0.29, 0.717) is 5.15 Å². The summed E-state index contributed by atoms with van der Waals surface area (Å²) >= 11 is 7.51. The van der Waals surface area contributed by atoms with Gasteiger partial charge < -0.3 is 0 Å². The molecule has 2 aromatic heterocycles. The van der Waals surface area contributed by atoms with Crippen LogP contribution in [0.1, 0.15) is 22.9 Å². The Bertz CT molecular complexity index is 679. The van der Waals surface area contributed by atoms with E-state index in [0.717, 1.165) is 15.1 Å². The summed E-state index contributed by atoms with van der Waals surface area (Å²) in [5, 5.41) is 0.343. The fourth-order valence-corrected chi connectivity index (χ4v) is 3.06. The molecule has 0 amide bonds. The van der Waals surface area contributed by atoms with Crippen LogP contribution in [-0.2, 0) is 9.84 Å². The van der Waals surface area contributed by atoms with Crippen molar-refractivity contribution in [2.75, 3.05) is 6.26 Å². The second-order valence-electron chi connectivity index (χ2n) is 3.92. The van der Waals surface area contributed by atoms with Gasteiger partial charge in [-0.3, -0.25) is 0 Å². The maximum atomic E-state index is 11.5. The highest BCUT2D eigenvalue weighted by atomic mass is 35.5. The number of hydrogen-bond acceptors (Lipinski definition) is 5. The summed E-state index contributed by atoms with van der Waals surface area (Å²) in [6.45, 7) is 3.51. The first-order valence-electron chi connectivity index (χ1n) is 4.91. The van der Waals surface area contributed by atoms with Crippen LogP contribution < -0.4 is 0 Å². The lowest BCUT2D eigenvalue weighted by Crippen LogP contribution is -2.11. The van der Waals surface area contributed by atoms with Crippen LogP contribution in [-0.4, -0.2) is 24.6 Å². The Labute approximate surface area is 109 Å². The van der Waals surface area contributed by atoms with Crippen molar-refractivity contribution >= 4 is 43.0 Å². The number of aromatic nitrogens is 2. The number of halogens is 1. The minimum atomic E-state index is -3.21. The molecule has 0 aliphatic rings. The van der Waals surface area contributed by atoms with Crippen LogP contribution in [0.3, 0.4) is 0 Å². The Kier molecular flexibility index (Phi) is 3.14. The van der Waals surface area contributed by atoms with Crippen molar-refractivity contribution in [1.82, 2.24) is 9.97 Å². The maximum Gasteiger partial charge on any atom is 0.157 e. The average molecular weight is 291 g/mol. The highest BCUT2D eigenvalue weighted by Gasteiger charge is 2.22. The molecule has 17 heavy (non-hydrogen) atoms. The quantitative estimate of drug-likeness (QED) is 0.798. The Balaban J connectivity index is 2.65. The van der Waals surface area contributed by atoms with Crippen molar-refractivity contribution in [2.24, 2.45) is 0 Å². The van der Waals surface area contributed by atoms with Gasteiger partial charge in [0.2, 0.25) is 0 Å². The van der Waals surface area contributed by atoms with Gasteiger partial charge in [-0.2, -0.15) is 0 Å². The minimum Gasteiger partial charge on any atom is -0.228 e. The summed E-state index contributed by atoms with van der Waals surface area (Å²) in [5.41, 5.74) is 0. The van der Waals surface area contributed by atoms with Crippen LogP contribution >= 0.6 is 22.9 Å². The lowest BCUT2D eigenvalue weighted by molar-refractivity contribution is 0.589. The van der Waals surface area contributed by atoms with Gasteiger partial charge in [0, 0.05) is 16.5 Å². The molecular formula is C10H11ClN2O2S2. The van der Waals surface area contributed by atoms with Crippen LogP contribution in [0.4, 0.5) is 0 Å². The third-order valence-corrected chi connectivity index (χ3v) is 5.22. The fourth-order valence-electron chi connectivity index (χ4n) is 1.40. The van der Waals surface area contributed by atoms with Crippen LogP contribution in [0.25, 0.3) is 10.2 Å². The van der Waals surface area contributed by atoms with Crippen LogP contribution in [0, 0.1) is 6.92 Å². The number of rotatable bonds is 2. The van der Waals surface area contributed by atoms with Crippen molar-refractivity contribution in [2.45, 2.75) is 19.1 Å². The van der Waals surface area contributed by atoms with Crippen molar-refractivity contribution in [3.05, 3.63) is 21.9 Å². The molecule has 0 aliphatic heterocycles. The highest BCUT2D eigenvalue weighted by Crippen LogP contribution is 2.30. The number of nitrogens with zero attached hydrogens (tertiary/aromatic N) is 2.